The first-order valence-corrected chi connectivity index (χ1v) is 11.5. The lowest BCUT2D eigenvalue weighted by atomic mass is 9.95. The van der Waals surface area contributed by atoms with Gasteiger partial charge in [0.05, 0.1) is 13.5 Å². The molecule has 2 aromatic carbocycles. The molecule has 172 valence electrons. The molecule has 0 unspecified atom stereocenters. The van der Waals surface area contributed by atoms with Gasteiger partial charge in [-0.05, 0) is 54.7 Å². The molecule has 6 heteroatoms. The molecule has 0 aliphatic heterocycles. The van der Waals surface area contributed by atoms with Crippen molar-refractivity contribution in [2.24, 2.45) is 0 Å². The van der Waals surface area contributed by atoms with Crippen molar-refractivity contribution in [3.05, 3.63) is 65.5 Å². The Kier molecular flexibility index (Phi) is 8.65. The lowest BCUT2D eigenvalue weighted by Gasteiger charge is -2.33. The standard InChI is InChI=1S/C26H33FN2O3/c1-3-24(26(31)28-22-7-5-4-6-8-22)29(18-20-9-13-21(27)14-10-20)25(30)17-19-11-15-23(32-2)16-12-19/h9-16,22,24H,3-8,17-18H2,1-2H3,(H,28,31)/t24-/m1/s1. The van der Waals surface area contributed by atoms with Crippen molar-refractivity contribution in [3.63, 3.8) is 0 Å². The van der Waals surface area contributed by atoms with E-state index in [4.69, 9.17) is 4.74 Å². The van der Waals surface area contributed by atoms with Gasteiger partial charge in [0.1, 0.15) is 17.6 Å². The van der Waals surface area contributed by atoms with Gasteiger partial charge in [0.15, 0.2) is 0 Å². The van der Waals surface area contributed by atoms with Crippen molar-refractivity contribution in [2.45, 2.75) is 70.5 Å². The van der Waals surface area contributed by atoms with E-state index in [2.05, 4.69) is 5.32 Å². The van der Waals surface area contributed by atoms with Gasteiger partial charge in [-0.1, -0.05) is 50.5 Å². The van der Waals surface area contributed by atoms with Gasteiger partial charge in [-0.2, -0.15) is 0 Å². The highest BCUT2D eigenvalue weighted by Gasteiger charge is 2.30. The van der Waals surface area contributed by atoms with Gasteiger partial charge in [-0.3, -0.25) is 9.59 Å². The van der Waals surface area contributed by atoms with Crippen molar-refractivity contribution in [1.82, 2.24) is 10.2 Å². The molecule has 0 radical (unpaired) electrons. The Balaban J connectivity index is 1.78. The second-order valence-corrected chi connectivity index (χ2v) is 8.44. The number of nitrogens with zero attached hydrogens (tertiary/aromatic N) is 1. The molecule has 1 fully saturated rings. The van der Waals surface area contributed by atoms with Gasteiger partial charge in [0, 0.05) is 12.6 Å². The molecule has 1 N–H and O–H groups in total. The minimum atomic E-state index is -0.576. The molecule has 1 aliphatic rings. The molecule has 1 saturated carbocycles. The van der Waals surface area contributed by atoms with Crippen molar-refractivity contribution in [2.75, 3.05) is 7.11 Å². The fraction of sp³-hybridized carbons (Fsp3) is 0.462. The molecule has 2 aromatic rings. The Morgan fingerprint density at radius 2 is 1.66 bits per heavy atom. The van der Waals surface area contributed by atoms with Crippen LogP contribution in [-0.4, -0.2) is 35.9 Å². The molecule has 0 spiro atoms. The maximum atomic E-state index is 13.4. The van der Waals surface area contributed by atoms with Crippen LogP contribution in [0.4, 0.5) is 4.39 Å². The van der Waals surface area contributed by atoms with E-state index >= 15 is 0 Å². The number of rotatable bonds is 9. The number of halogens is 1. The van der Waals surface area contributed by atoms with Crippen LogP contribution in [0.1, 0.15) is 56.6 Å². The Morgan fingerprint density at radius 3 is 2.25 bits per heavy atom. The van der Waals surface area contributed by atoms with E-state index in [1.165, 1.54) is 18.6 Å². The third-order valence-electron chi connectivity index (χ3n) is 6.12. The highest BCUT2D eigenvalue weighted by atomic mass is 19.1. The third-order valence-corrected chi connectivity index (χ3v) is 6.12. The molecule has 5 nitrogen and oxygen atoms in total. The molecule has 3 rings (SSSR count). The quantitative estimate of drug-likeness (QED) is 0.618. The van der Waals surface area contributed by atoms with Gasteiger partial charge >= 0.3 is 0 Å². The molecule has 0 heterocycles. The Labute approximate surface area is 190 Å². The van der Waals surface area contributed by atoms with E-state index in [0.29, 0.717) is 6.42 Å². The minimum Gasteiger partial charge on any atom is -0.497 e. The molecule has 0 bridgehead atoms. The summed E-state index contributed by atoms with van der Waals surface area (Å²) < 4.78 is 18.6. The number of benzene rings is 2. The summed E-state index contributed by atoms with van der Waals surface area (Å²) in [6, 6.07) is 13.0. The number of ether oxygens (including phenoxy) is 1. The van der Waals surface area contributed by atoms with E-state index in [1.807, 2.05) is 31.2 Å². The number of hydrogen-bond acceptors (Lipinski definition) is 3. The lowest BCUT2D eigenvalue weighted by Crippen LogP contribution is -2.51. The molecule has 1 aliphatic carbocycles. The van der Waals surface area contributed by atoms with Crippen LogP contribution < -0.4 is 10.1 Å². The molecule has 2 amide bonds. The number of methoxy groups -OCH3 is 1. The average Bonchev–Trinajstić information content (AvgIpc) is 2.81. The summed E-state index contributed by atoms with van der Waals surface area (Å²) in [7, 11) is 1.60. The highest BCUT2D eigenvalue weighted by molar-refractivity contribution is 5.88. The van der Waals surface area contributed by atoms with Crippen molar-refractivity contribution in [1.29, 1.82) is 0 Å². The summed E-state index contributed by atoms with van der Waals surface area (Å²) in [6.45, 7) is 2.18. The predicted molar refractivity (Wildman–Crippen MR) is 123 cm³/mol. The fourth-order valence-electron chi connectivity index (χ4n) is 4.27. The first-order valence-electron chi connectivity index (χ1n) is 11.5. The van der Waals surface area contributed by atoms with Crippen LogP contribution in [0.2, 0.25) is 0 Å². The number of nitrogens with one attached hydrogen (secondary N) is 1. The van der Waals surface area contributed by atoms with E-state index in [1.54, 1.807) is 24.1 Å². The van der Waals surface area contributed by atoms with Crippen LogP contribution in [0.5, 0.6) is 5.75 Å². The molecule has 0 aromatic heterocycles. The summed E-state index contributed by atoms with van der Waals surface area (Å²) in [5, 5.41) is 3.17. The van der Waals surface area contributed by atoms with Crippen LogP contribution >= 0.6 is 0 Å². The summed E-state index contributed by atoms with van der Waals surface area (Å²) in [4.78, 5) is 28.2. The fourth-order valence-corrected chi connectivity index (χ4v) is 4.27. The van der Waals surface area contributed by atoms with Gasteiger partial charge in [-0.15, -0.1) is 0 Å². The van der Waals surface area contributed by atoms with E-state index < -0.39 is 6.04 Å². The maximum Gasteiger partial charge on any atom is 0.243 e. The van der Waals surface area contributed by atoms with Crippen LogP contribution in [0, 0.1) is 5.82 Å². The minimum absolute atomic E-state index is 0.107. The first kappa shape index (κ1) is 23.8. The zero-order valence-corrected chi connectivity index (χ0v) is 19.0. The maximum absolute atomic E-state index is 13.4. The summed E-state index contributed by atoms with van der Waals surface area (Å²) in [5.74, 6) is 0.157. The van der Waals surface area contributed by atoms with Crippen LogP contribution in [0.25, 0.3) is 0 Å². The smallest absolute Gasteiger partial charge is 0.243 e. The SMILES string of the molecule is CC[C@H](C(=O)NC1CCCCC1)N(Cc1ccc(F)cc1)C(=O)Cc1ccc(OC)cc1. The van der Waals surface area contributed by atoms with E-state index in [-0.39, 0.29) is 36.6 Å². The van der Waals surface area contributed by atoms with Crippen LogP contribution in [0.3, 0.4) is 0 Å². The van der Waals surface area contributed by atoms with Gasteiger partial charge in [0.2, 0.25) is 11.8 Å². The van der Waals surface area contributed by atoms with Crippen molar-refractivity contribution < 1.29 is 18.7 Å². The Morgan fingerprint density at radius 1 is 1.03 bits per heavy atom. The summed E-state index contributed by atoms with van der Waals surface area (Å²) >= 11 is 0. The zero-order valence-electron chi connectivity index (χ0n) is 19.0. The lowest BCUT2D eigenvalue weighted by molar-refractivity contribution is -0.141. The average molecular weight is 441 g/mol. The highest BCUT2D eigenvalue weighted by Crippen LogP contribution is 2.20. The zero-order chi connectivity index (χ0) is 22.9. The monoisotopic (exact) mass is 440 g/mol. The Hall–Kier alpha value is -2.89. The second kappa shape index (κ2) is 11.7. The topological polar surface area (TPSA) is 58.6 Å². The van der Waals surface area contributed by atoms with Crippen molar-refractivity contribution in [3.8, 4) is 5.75 Å². The second-order valence-electron chi connectivity index (χ2n) is 8.44. The number of amides is 2. The van der Waals surface area contributed by atoms with E-state index in [0.717, 1.165) is 42.6 Å². The molecule has 0 saturated heterocycles. The normalized spacial score (nSPS) is 15.1. The molecular formula is C26H33FN2O3. The van der Waals surface area contributed by atoms with Crippen LogP contribution in [0.15, 0.2) is 48.5 Å². The number of carbonyl (C=O) groups is 2. The Bertz CT molecular complexity index is 877. The molecule has 32 heavy (non-hydrogen) atoms. The summed E-state index contributed by atoms with van der Waals surface area (Å²) in [5.41, 5.74) is 1.64. The number of carbonyl (C=O) groups excluding carboxylic acids is 2. The molecular weight excluding hydrogens is 407 g/mol. The van der Waals surface area contributed by atoms with Gasteiger partial charge in [-0.25, -0.2) is 4.39 Å². The largest absolute Gasteiger partial charge is 0.497 e. The molecule has 1 atom stereocenters. The summed E-state index contributed by atoms with van der Waals surface area (Å²) in [6.07, 6.45) is 6.11. The van der Waals surface area contributed by atoms with Gasteiger partial charge in [0.25, 0.3) is 0 Å². The predicted octanol–water partition coefficient (Wildman–Crippen LogP) is 4.63. The first-order chi connectivity index (χ1) is 15.5. The number of hydrogen-bond donors (Lipinski definition) is 1. The van der Waals surface area contributed by atoms with E-state index in [9.17, 15) is 14.0 Å². The van der Waals surface area contributed by atoms with Gasteiger partial charge < -0.3 is 15.0 Å². The third kappa shape index (κ3) is 6.55. The van der Waals surface area contributed by atoms with Crippen LogP contribution in [-0.2, 0) is 22.6 Å². The van der Waals surface area contributed by atoms with Crippen molar-refractivity contribution >= 4 is 11.8 Å².